The van der Waals surface area contributed by atoms with Gasteiger partial charge in [0.2, 0.25) is 0 Å². The van der Waals surface area contributed by atoms with Crippen LogP contribution in [0.4, 0.5) is 0 Å². The molecule has 1 aliphatic heterocycles. The van der Waals surface area contributed by atoms with Gasteiger partial charge in [0.25, 0.3) is 5.91 Å². The van der Waals surface area contributed by atoms with Crippen molar-refractivity contribution in [2.75, 3.05) is 13.1 Å². The Morgan fingerprint density at radius 3 is 2.46 bits per heavy atom. The lowest BCUT2D eigenvalue weighted by atomic mass is 10.0. The van der Waals surface area contributed by atoms with Gasteiger partial charge in [0.1, 0.15) is 17.6 Å². The van der Waals surface area contributed by atoms with E-state index >= 15 is 0 Å². The highest BCUT2D eigenvalue weighted by molar-refractivity contribution is 6.30. The summed E-state index contributed by atoms with van der Waals surface area (Å²) in [4.78, 5) is 25.9. The number of hydrogen-bond acceptors (Lipinski definition) is 3. The van der Waals surface area contributed by atoms with Crippen molar-refractivity contribution in [3.8, 4) is 5.75 Å². The van der Waals surface area contributed by atoms with Crippen molar-refractivity contribution in [2.24, 2.45) is 0 Å². The molecule has 4 nitrogen and oxygen atoms in total. The van der Waals surface area contributed by atoms with E-state index in [9.17, 15) is 9.59 Å². The second-order valence-corrected chi connectivity index (χ2v) is 7.08. The van der Waals surface area contributed by atoms with Crippen molar-refractivity contribution in [1.82, 2.24) is 4.90 Å². The summed E-state index contributed by atoms with van der Waals surface area (Å²) in [5, 5.41) is 0.685. The molecule has 2 aromatic carbocycles. The fourth-order valence-electron chi connectivity index (χ4n) is 3.17. The van der Waals surface area contributed by atoms with Gasteiger partial charge < -0.3 is 9.64 Å². The van der Waals surface area contributed by atoms with Gasteiger partial charge >= 0.3 is 0 Å². The number of ether oxygens (including phenoxy) is 1. The molecule has 0 radical (unpaired) electrons. The Morgan fingerprint density at radius 1 is 1.12 bits per heavy atom. The van der Waals surface area contributed by atoms with E-state index in [1.54, 1.807) is 6.92 Å². The maximum atomic E-state index is 12.7. The summed E-state index contributed by atoms with van der Waals surface area (Å²) in [6.07, 6.45) is 2.05. The van der Waals surface area contributed by atoms with Crippen molar-refractivity contribution in [3.05, 3.63) is 64.7 Å². The fourth-order valence-corrected chi connectivity index (χ4v) is 3.29. The zero-order chi connectivity index (χ0) is 18.5. The minimum Gasteiger partial charge on any atom is -0.490 e. The monoisotopic (exact) mass is 371 g/mol. The van der Waals surface area contributed by atoms with Gasteiger partial charge in [0.05, 0.1) is 0 Å². The summed E-state index contributed by atoms with van der Waals surface area (Å²) in [5.74, 6) is 0.909. The predicted octanol–water partition coefficient (Wildman–Crippen LogP) is 4.16. The number of nitrogens with zero attached hydrogens (tertiary/aromatic N) is 1. The summed E-state index contributed by atoms with van der Waals surface area (Å²) in [6.45, 7) is 2.88. The highest BCUT2D eigenvalue weighted by atomic mass is 35.5. The summed E-state index contributed by atoms with van der Waals surface area (Å²) in [6, 6.07) is 14.7. The lowest BCUT2D eigenvalue weighted by Crippen LogP contribution is -2.41. The van der Waals surface area contributed by atoms with E-state index in [2.05, 4.69) is 0 Å². The van der Waals surface area contributed by atoms with E-state index in [0.717, 1.165) is 24.2 Å². The van der Waals surface area contributed by atoms with Crippen LogP contribution in [0.5, 0.6) is 5.75 Å². The molecule has 26 heavy (non-hydrogen) atoms. The van der Waals surface area contributed by atoms with Crippen molar-refractivity contribution in [2.45, 2.75) is 32.3 Å². The first-order valence-corrected chi connectivity index (χ1v) is 9.19. The van der Waals surface area contributed by atoms with Gasteiger partial charge in [-0.15, -0.1) is 0 Å². The highest BCUT2D eigenvalue weighted by Gasteiger charge is 2.24. The van der Waals surface area contributed by atoms with Gasteiger partial charge in [0.15, 0.2) is 0 Å². The molecule has 1 heterocycles. The molecule has 0 aromatic heterocycles. The zero-order valence-corrected chi connectivity index (χ0v) is 15.5. The average Bonchev–Trinajstić information content (AvgIpc) is 2.63. The molecule has 136 valence electrons. The molecule has 0 spiro atoms. The van der Waals surface area contributed by atoms with Gasteiger partial charge in [-0.2, -0.15) is 0 Å². The Bertz CT molecular complexity index is 780. The molecule has 1 saturated heterocycles. The Kier molecular flexibility index (Phi) is 5.94. The van der Waals surface area contributed by atoms with Gasteiger partial charge in [-0.3, -0.25) is 9.59 Å². The second kappa shape index (κ2) is 8.37. The molecule has 0 aliphatic carbocycles. The molecule has 1 fully saturated rings. The molecule has 1 amide bonds. The third-order valence-electron chi connectivity index (χ3n) is 4.47. The SMILES string of the molecule is CC(=O)Cc1cccc(C(=O)N2CCC(Oc3ccc(Cl)cc3)CC2)c1. The third kappa shape index (κ3) is 4.85. The predicted molar refractivity (Wildman–Crippen MR) is 102 cm³/mol. The van der Waals surface area contributed by atoms with Gasteiger partial charge in [-0.05, 0) is 48.9 Å². The molecule has 5 heteroatoms. The van der Waals surface area contributed by atoms with E-state index in [1.165, 1.54) is 0 Å². The van der Waals surface area contributed by atoms with Gasteiger partial charge in [-0.1, -0.05) is 23.7 Å². The third-order valence-corrected chi connectivity index (χ3v) is 4.72. The lowest BCUT2D eigenvalue weighted by Gasteiger charge is -2.32. The topological polar surface area (TPSA) is 46.6 Å². The Hall–Kier alpha value is -2.33. The van der Waals surface area contributed by atoms with E-state index in [4.69, 9.17) is 16.3 Å². The molecule has 0 bridgehead atoms. The number of hydrogen-bond donors (Lipinski definition) is 0. The van der Waals surface area contributed by atoms with Crippen LogP contribution in [0.2, 0.25) is 5.02 Å². The molecule has 0 saturated carbocycles. The van der Waals surface area contributed by atoms with Crippen LogP contribution >= 0.6 is 11.6 Å². The van der Waals surface area contributed by atoms with Crippen molar-refractivity contribution >= 4 is 23.3 Å². The molecular weight excluding hydrogens is 350 g/mol. The fraction of sp³-hybridized carbons (Fsp3) is 0.333. The maximum absolute atomic E-state index is 12.7. The maximum Gasteiger partial charge on any atom is 0.253 e. The van der Waals surface area contributed by atoms with Crippen LogP contribution < -0.4 is 4.74 Å². The number of halogens is 1. The summed E-state index contributed by atoms with van der Waals surface area (Å²) in [5.41, 5.74) is 1.52. The number of carbonyl (C=O) groups is 2. The first-order chi connectivity index (χ1) is 12.5. The molecule has 1 aliphatic rings. The molecule has 3 rings (SSSR count). The second-order valence-electron chi connectivity index (χ2n) is 6.64. The average molecular weight is 372 g/mol. The van der Waals surface area contributed by atoms with Crippen LogP contribution in [0.1, 0.15) is 35.7 Å². The van der Waals surface area contributed by atoms with Crippen molar-refractivity contribution in [3.63, 3.8) is 0 Å². The van der Waals surface area contributed by atoms with Crippen molar-refractivity contribution < 1.29 is 14.3 Å². The number of benzene rings is 2. The Morgan fingerprint density at radius 2 is 1.81 bits per heavy atom. The quantitative estimate of drug-likeness (QED) is 0.793. The standard InChI is InChI=1S/C21H22ClNO3/c1-15(24)13-16-3-2-4-17(14-16)21(25)23-11-9-20(10-12-23)26-19-7-5-18(22)6-8-19/h2-8,14,20H,9-13H2,1H3. The minimum atomic E-state index is 0.0142. The molecule has 0 atom stereocenters. The van der Waals surface area contributed by atoms with Crippen LogP contribution in [0.25, 0.3) is 0 Å². The number of carbonyl (C=O) groups excluding carboxylic acids is 2. The summed E-state index contributed by atoms with van der Waals surface area (Å²) < 4.78 is 5.97. The Labute approximate surface area is 158 Å². The van der Waals surface area contributed by atoms with Gasteiger partial charge in [0, 0.05) is 42.9 Å². The van der Waals surface area contributed by atoms with Crippen LogP contribution in [0.15, 0.2) is 48.5 Å². The normalized spacial score (nSPS) is 14.9. The largest absolute Gasteiger partial charge is 0.490 e. The first-order valence-electron chi connectivity index (χ1n) is 8.81. The summed E-state index contributed by atoms with van der Waals surface area (Å²) >= 11 is 5.89. The number of piperidine rings is 1. The smallest absolute Gasteiger partial charge is 0.253 e. The minimum absolute atomic E-state index is 0.0142. The lowest BCUT2D eigenvalue weighted by molar-refractivity contribution is -0.116. The molecule has 0 unspecified atom stereocenters. The van der Waals surface area contributed by atoms with Crippen LogP contribution in [0.3, 0.4) is 0 Å². The van der Waals surface area contributed by atoms with E-state index in [-0.39, 0.29) is 17.8 Å². The first kappa shape index (κ1) is 18.5. The Balaban J connectivity index is 1.56. The van der Waals surface area contributed by atoms with Crippen LogP contribution in [-0.2, 0) is 11.2 Å². The van der Waals surface area contributed by atoms with Crippen molar-refractivity contribution in [1.29, 1.82) is 0 Å². The van der Waals surface area contributed by atoms with Crippen LogP contribution in [0, 0.1) is 0 Å². The highest BCUT2D eigenvalue weighted by Crippen LogP contribution is 2.22. The molecular formula is C21H22ClNO3. The van der Waals surface area contributed by atoms with E-state index in [0.29, 0.717) is 30.1 Å². The summed E-state index contributed by atoms with van der Waals surface area (Å²) in [7, 11) is 0. The number of likely N-dealkylation sites (tertiary alicyclic amines) is 1. The number of ketones is 1. The molecule has 2 aromatic rings. The number of amides is 1. The molecule has 0 N–H and O–H groups in total. The van der Waals surface area contributed by atoms with Crippen LogP contribution in [-0.4, -0.2) is 35.8 Å². The zero-order valence-electron chi connectivity index (χ0n) is 14.8. The van der Waals surface area contributed by atoms with E-state index < -0.39 is 0 Å². The van der Waals surface area contributed by atoms with E-state index in [1.807, 2.05) is 53.4 Å². The van der Waals surface area contributed by atoms with Gasteiger partial charge in [-0.25, -0.2) is 0 Å². The number of Topliss-reactive ketones (excluding diaryl/α,β-unsaturated/α-hetero) is 1. The number of rotatable bonds is 5.